The Morgan fingerprint density at radius 1 is 1.03 bits per heavy atom. The lowest BCUT2D eigenvalue weighted by Gasteiger charge is -2.64. The summed E-state index contributed by atoms with van der Waals surface area (Å²) < 4.78 is 23.3. The van der Waals surface area contributed by atoms with E-state index in [1.165, 1.54) is 0 Å². The molecule has 12 atom stereocenters. The van der Waals surface area contributed by atoms with Crippen molar-refractivity contribution in [1.29, 1.82) is 0 Å². The smallest absolute Gasteiger partial charge is 0.331 e. The summed E-state index contributed by atoms with van der Waals surface area (Å²) in [6, 6.07) is 0. The van der Waals surface area contributed by atoms with Crippen LogP contribution >= 0.6 is 0 Å². The van der Waals surface area contributed by atoms with Crippen LogP contribution in [0.4, 0.5) is 0 Å². The highest BCUT2D eigenvalue weighted by Gasteiger charge is 2.70. The molecule has 4 aliphatic carbocycles. The molecule has 9 heteroatoms. The van der Waals surface area contributed by atoms with Crippen LogP contribution in [-0.4, -0.2) is 70.8 Å². The second-order valence-electron chi connectivity index (χ2n) is 13.4. The summed E-state index contributed by atoms with van der Waals surface area (Å²) in [5.74, 6) is -2.84. The summed E-state index contributed by atoms with van der Waals surface area (Å²) in [5, 5.41) is 23.6. The van der Waals surface area contributed by atoms with Gasteiger partial charge in [-0.1, -0.05) is 6.92 Å². The summed E-state index contributed by atoms with van der Waals surface area (Å²) in [4.78, 5) is 37.7. The molecule has 0 bridgehead atoms. The number of aliphatic hydroxyl groups is 2. The molecule has 9 nitrogen and oxygen atoms in total. The molecule has 38 heavy (non-hydrogen) atoms. The first-order valence-corrected chi connectivity index (χ1v) is 14.3. The van der Waals surface area contributed by atoms with Crippen LogP contribution in [0.3, 0.4) is 0 Å². The SMILES string of the molecule is C[C@@H]1CC(=O)[C@]2(O)O[C@@H]3C[C@@]4(C=O)[C@@H](CC[C@@H]5[C@@H]4CC[C@]4(C)[C@H](C6=CC(=O)OC6)CC[C@]54O)C[C@H]3O[C@H]2O1. The van der Waals surface area contributed by atoms with Gasteiger partial charge in [0.2, 0.25) is 6.29 Å². The first-order valence-electron chi connectivity index (χ1n) is 14.3. The van der Waals surface area contributed by atoms with Crippen molar-refractivity contribution in [2.45, 2.75) is 108 Å². The molecule has 3 heterocycles. The number of carbonyl (C=O) groups excluding carboxylic acids is 3. The zero-order valence-electron chi connectivity index (χ0n) is 22.1. The quantitative estimate of drug-likeness (QED) is 0.314. The van der Waals surface area contributed by atoms with Crippen LogP contribution in [0.2, 0.25) is 0 Å². The standard InChI is InChI=1S/C29H38O9/c1-15-9-23(31)29(34)25(36-15)37-21-11-17-3-4-20-19(27(17,14-30)12-22(21)38-29)5-7-26(2)18(6-8-28(20,26)33)16-10-24(32)35-13-16/h10,14-15,17-22,25,33-34H,3-9,11-13H2,1-2H3/t15-,17+,18+,19+,20-,21-,22-,25-,26-,27-,28+,29+/m1/s1. The zero-order valence-corrected chi connectivity index (χ0v) is 22.1. The average Bonchev–Trinajstić information content (AvgIpc) is 3.42. The number of carbonyl (C=O) groups is 3. The van der Waals surface area contributed by atoms with E-state index in [0.717, 1.165) is 44.0 Å². The number of rotatable bonds is 2. The topological polar surface area (TPSA) is 129 Å². The minimum Gasteiger partial charge on any atom is -0.458 e. The number of hydrogen-bond donors (Lipinski definition) is 2. The highest BCUT2D eigenvalue weighted by atomic mass is 16.8. The summed E-state index contributed by atoms with van der Waals surface area (Å²) in [6.07, 6.45) is 5.80. The molecular formula is C29H38O9. The third-order valence-electron chi connectivity index (χ3n) is 11.9. The van der Waals surface area contributed by atoms with Crippen molar-refractivity contribution in [1.82, 2.24) is 0 Å². The Morgan fingerprint density at radius 3 is 2.58 bits per heavy atom. The van der Waals surface area contributed by atoms with Gasteiger partial charge in [-0.15, -0.1) is 0 Å². The molecule has 4 saturated carbocycles. The Labute approximate surface area is 222 Å². The Balaban J connectivity index is 1.19. The summed E-state index contributed by atoms with van der Waals surface area (Å²) in [6.45, 7) is 4.23. The van der Waals surface area contributed by atoms with E-state index in [-0.39, 0.29) is 48.3 Å². The summed E-state index contributed by atoms with van der Waals surface area (Å²) >= 11 is 0. The molecule has 3 aliphatic heterocycles. The molecule has 0 aromatic carbocycles. The number of cyclic esters (lactones) is 1. The average molecular weight is 531 g/mol. The Morgan fingerprint density at radius 2 is 1.84 bits per heavy atom. The molecule has 7 aliphatic rings. The van der Waals surface area contributed by atoms with Crippen molar-refractivity contribution < 1.29 is 43.5 Å². The number of Topliss-reactive ketones (excluding diaryl/α,β-unsaturated/α-hetero) is 1. The van der Waals surface area contributed by atoms with Crippen LogP contribution in [0.1, 0.15) is 71.6 Å². The fourth-order valence-electron chi connectivity index (χ4n) is 10.1. The molecule has 0 aromatic heterocycles. The van der Waals surface area contributed by atoms with Crippen LogP contribution < -0.4 is 0 Å². The minimum absolute atomic E-state index is 0.0266. The van der Waals surface area contributed by atoms with E-state index in [1.54, 1.807) is 13.0 Å². The molecular weight excluding hydrogens is 492 g/mol. The van der Waals surface area contributed by atoms with Gasteiger partial charge >= 0.3 is 5.97 Å². The fourth-order valence-corrected chi connectivity index (χ4v) is 10.1. The van der Waals surface area contributed by atoms with E-state index in [1.807, 2.05) is 0 Å². The van der Waals surface area contributed by atoms with Crippen LogP contribution in [-0.2, 0) is 33.3 Å². The molecule has 6 fully saturated rings. The number of ketones is 1. The van der Waals surface area contributed by atoms with Gasteiger partial charge < -0.3 is 34.0 Å². The third kappa shape index (κ3) is 3.14. The van der Waals surface area contributed by atoms with E-state index < -0.39 is 40.4 Å². The van der Waals surface area contributed by atoms with Gasteiger partial charge in [0.15, 0.2) is 5.78 Å². The number of ether oxygens (including phenoxy) is 4. The normalized spacial score (nSPS) is 55.5. The lowest BCUT2D eigenvalue weighted by Crippen LogP contribution is -2.70. The van der Waals surface area contributed by atoms with Gasteiger partial charge in [-0.3, -0.25) is 4.79 Å². The van der Waals surface area contributed by atoms with Crippen molar-refractivity contribution >= 4 is 18.0 Å². The lowest BCUT2D eigenvalue weighted by atomic mass is 9.42. The second-order valence-corrected chi connectivity index (χ2v) is 13.4. The molecule has 0 aromatic rings. The van der Waals surface area contributed by atoms with Crippen LogP contribution in [0, 0.1) is 34.5 Å². The maximum Gasteiger partial charge on any atom is 0.331 e. The van der Waals surface area contributed by atoms with Gasteiger partial charge in [-0.2, -0.15) is 0 Å². The van der Waals surface area contributed by atoms with Gasteiger partial charge in [0, 0.05) is 23.3 Å². The van der Waals surface area contributed by atoms with Crippen LogP contribution in [0.15, 0.2) is 11.6 Å². The number of esters is 1. The highest BCUT2D eigenvalue weighted by molar-refractivity contribution is 5.87. The van der Waals surface area contributed by atoms with E-state index >= 15 is 0 Å². The van der Waals surface area contributed by atoms with Crippen LogP contribution in [0.5, 0.6) is 0 Å². The van der Waals surface area contributed by atoms with Gasteiger partial charge in [-0.25, -0.2) is 4.79 Å². The fraction of sp³-hybridized carbons (Fsp3) is 0.828. The van der Waals surface area contributed by atoms with Crippen molar-refractivity contribution in [2.75, 3.05) is 6.61 Å². The molecule has 0 unspecified atom stereocenters. The molecule has 208 valence electrons. The zero-order chi connectivity index (χ0) is 26.7. The van der Waals surface area contributed by atoms with Crippen molar-refractivity contribution in [3.05, 3.63) is 11.6 Å². The van der Waals surface area contributed by atoms with Gasteiger partial charge in [-0.05, 0) is 87.5 Å². The van der Waals surface area contributed by atoms with E-state index in [2.05, 4.69) is 6.92 Å². The lowest BCUT2D eigenvalue weighted by molar-refractivity contribution is -0.413. The Hall–Kier alpha value is -1.65. The number of fused-ring (bicyclic) bond motifs is 7. The minimum atomic E-state index is -2.16. The van der Waals surface area contributed by atoms with Crippen LogP contribution in [0.25, 0.3) is 0 Å². The largest absolute Gasteiger partial charge is 0.458 e. The predicted molar refractivity (Wildman–Crippen MR) is 130 cm³/mol. The van der Waals surface area contributed by atoms with Crippen molar-refractivity contribution in [3.63, 3.8) is 0 Å². The summed E-state index contributed by atoms with van der Waals surface area (Å²) in [7, 11) is 0. The molecule has 7 rings (SSSR count). The Bertz CT molecular complexity index is 1100. The van der Waals surface area contributed by atoms with Crippen molar-refractivity contribution in [3.8, 4) is 0 Å². The van der Waals surface area contributed by atoms with E-state index in [0.29, 0.717) is 25.9 Å². The van der Waals surface area contributed by atoms with Gasteiger partial charge in [0.05, 0.1) is 23.9 Å². The van der Waals surface area contributed by atoms with E-state index in [4.69, 9.17) is 18.9 Å². The first-order chi connectivity index (χ1) is 18.0. The van der Waals surface area contributed by atoms with Crippen molar-refractivity contribution in [2.24, 2.45) is 34.5 Å². The highest BCUT2D eigenvalue weighted by Crippen LogP contribution is 2.70. The summed E-state index contributed by atoms with van der Waals surface area (Å²) in [5.41, 5.74) is -1.07. The van der Waals surface area contributed by atoms with Gasteiger partial charge in [0.25, 0.3) is 5.79 Å². The van der Waals surface area contributed by atoms with E-state index in [9.17, 15) is 24.6 Å². The number of hydrogen-bond acceptors (Lipinski definition) is 9. The monoisotopic (exact) mass is 530 g/mol. The second kappa shape index (κ2) is 8.19. The van der Waals surface area contributed by atoms with Gasteiger partial charge in [0.1, 0.15) is 12.9 Å². The Kier molecular flexibility index (Phi) is 5.46. The molecule has 0 spiro atoms. The molecule has 2 N–H and O–H groups in total. The maximum absolute atomic E-state index is 13.1. The predicted octanol–water partition coefficient (Wildman–Crippen LogP) is 2.21. The first kappa shape index (κ1) is 25.3. The molecule has 2 saturated heterocycles. The molecule has 0 amide bonds. The maximum atomic E-state index is 13.1. The number of aldehydes is 1. The third-order valence-corrected chi connectivity index (χ3v) is 11.9. The molecule has 0 radical (unpaired) electrons.